The van der Waals surface area contributed by atoms with Gasteiger partial charge in [0.15, 0.2) is 0 Å². The minimum Gasteiger partial charge on any atom is -0.497 e. The summed E-state index contributed by atoms with van der Waals surface area (Å²) in [5.41, 5.74) is 2.66. The molecule has 1 fully saturated rings. The number of rotatable bonds is 4. The number of likely N-dealkylation sites (tertiary alicyclic amines) is 1. The van der Waals surface area contributed by atoms with E-state index in [2.05, 4.69) is 4.98 Å². The van der Waals surface area contributed by atoms with E-state index in [1.807, 2.05) is 23.1 Å². The molecule has 0 aliphatic carbocycles. The lowest BCUT2D eigenvalue weighted by Gasteiger charge is -2.27. The number of halogens is 1. The number of methoxy groups -OCH3 is 2. The maximum absolute atomic E-state index is 13.5. The van der Waals surface area contributed by atoms with Crippen LogP contribution in [-0.4, -0.2) is 36.6 Å². The summed E-state index contributed by atoms with van der Waals surface area (Å²) in [6.45, 7) is 2.45. The fraction of sp³-hybridized carbons (Fsp3) is 0.304. The van der Waals surface area contributed by atoms with Crippen LogP contribution in [0, 0.1) is 12.7 Å². The van der Waals surface area contributed by atoms with Crippen LogP contribution in [0.4, 0.5) is 4.39 Å². The molecule has 1 aromatic heterocycles. The number of amides is 1. The predicted octanol–water partition coefficient (Wildman–Crippen LogP) is 4.68. The molecule has 1 saturated heterocycles. The highest BCUT2D eigenvalue weighted by Gasteiger charge is 2.33. The van der Waals surface area contributed by atoms with Crippen LogP contribution in [0.15, 0.2) is 42.5 Å². The molecule has 150 valence electrons. The number of ether oxygens (including phenoxy) is 2. The largest absolute Gasteiger partial charge is 0.497 e. The number of benzene rings is 2. The van der Waals surface area contributed by atoms with Crippen molar-refractivity contribution < 1.29 is 18.7 Å². The van der Waals surface area contributed by atoms with Crippen LogP contribution in [0.5, 0.6) is 11.5 Å². The van der Waals surface area contributed by atoms with Gasteiger partial charge in [0.25, 0.3) is 5.91 Å². The van der Waals surface area contributed by atoms with Gasteiger partial charge in [0.05, 0.1) is 37.0 Å². The zero-order valence-corrected chi connectivity index (χ0v) is 16.7. The second kappa shape index (κ2) is 7.70. The summed E-state index contributed by atoms with van der Waals surface area (Å²) in [5, 5.41) is 0.748. The van der Waals surface area contributed by atoms with E-state index in [0.717, 1.165) is 23.8 Å². The van der Waals surface area contributed by atoms with E-state index in [0.29, 0.717) is 34.8 Å². The van der Waals surface area contributed by atoms with Gasteiger partial charge in [-0.05, 0) is 50.1 Å². The SMILES string of the molecule is COc1ccc([C@@H]2CCCN2C(=O)c2cc3ccc(F)cc3nc2C)c(OC)c1. The first-order chi connectivity index (χ1) is 14.0. The molecular weight excluding hydrogens is 371 g/mol. The normalized spacial score (nSPS) is 16.3. The van der Waals surface area contributed by atoms with Gasteiger partial charge >= 0.3 is 0 Å². The lowest BCUT2D eigenvalue weighted by Crippen LogP contribution is -2.31. The van der Waals surface area contributed by atoms with E-state index in [1.54, 1.807) is 33.3 Å². The summed E-state index contributed by atoms with van der Waals surface area (Å²) in [6.07, 6.45) is 1.77. The molecule has 5 nitrogen and oxygen atoms in total. The van der Waals surface area contributed by atoms with Gasteiger partial charge in [-0.1, -0.05) is 0 Å². The minimum atomic E-state index is -0.338. The Morgan fingerprint density at radius 2 is 1.97 bits per heavy atom. The molecule has 1 amide bonds. The first-order valence-corrected chi connectivity index (χ1v) is 9.61. The van der Waals surface area contributed by atoms with Crippen molar-refractivity contribution in [1.29, 1.82) is 0 Å². The Bertz CT molecular complexity index is 1080. The number of fused-ring (bicyclic) bond motifs is 1. The van der Waals surface area contributed by atoms with Gasteiger partial charge < -0.3 is 14.4 Å². The van der Waals surface area contributed by atoms with E-state index in [1.165, 1.54) is 12.1 Å². The fourth-order valence-electron chi connectivity index (χ4n) is 4.03. The van der Waals surface area contributed by atoms with Crippen LogP contribution in [0.2, 0.25) is 0 Å². The van der Waals surface area contributed by atoms with Gasteiger partial charge in [-0.2, -0.15) is 0 Å². The highest BCUT2D eigenvalue weighted by atomic mass is 19.1. The molecule has 1 atom stereocenters. The summed E-state index contributed by atoms with van der Waals surface area (Å²) < 4.78 is 24.3. The number of nitrogens with zero attached hydrogens (tertiary/aromatic N) is 2. The van der Waals surface area contributed by atoms with Crippen LogP contribution in [0.1, 0.15) is 40.5 Å². The van der Waals surface area contributed by atoms with Gasteiger partial charge in [-0.15, -0.1) is 0 Å². The maximum Gasteiger partial charge on any atom is 0.256 e. The monoisotopic (exact) mass is 394 g/mol. The van der Waals surface area contributed by atoms with Crippen molar-refractivity contribution in [3.8, 4) is 11.5 Å². The molecule has 29 heavy (non-hydrogen) atoms. The molecule has 0 spiro atoms. The van der Waals surface area contributed by atoms with E-state index < -0.39 is 0 Å². The Morgan fingerprint density at radius 3 is 2.72 bits per heavy atom. The van der Waals surface area contributed by atoms with Crippen molar-refractivity contribution in [3.63, 3.8) is 0 Å². The van der Waals surface area contributed by atoms with Crippen LogP contribution in [0.25, 0.3) is 10.9 Å². The van der Waals surface area contributed by atoms with E-state index in [4.69, 9.17) is 9.47 Å². The van der Waals surface area contributed by atoms with Crippen LogP contribution >= 0.6 is 0 Å². The molecule has 0 N–H and O–H groups in total. The number of aromatic nitrogens is 1. The first kappa shape index (κ1) is 19.2. The average molecular weight is 394 g/mol. The fourth-order valence-corrected chi connectivity index (χ4v) is 4.03. The maximum atomic E-state index is 13.5. The number of pyridine rings is 1. The van der Waals surface area contributed by atoms with E-state index in [-0.39, 0.29) is 17.8 Å². The topological polar surface area (TPSA) is 51.7 Å². The van der Waals surface area contributed by atoms with Crippen molar-refractivity contribution in [2.45, 2.75) is 25.8 Å². The summed E-state index contributed by atoms with van der Waals surface area (Å²) in [6, 6.07) is 11.8. The Labute approximate surface area is 169 Å². The van der Waals surface area contributed by atoms with Crippen LogP contribution in [0.3, 0.4) is 0 Å². The number of carbonyl (C=O) groups is 1. The molecule has 0 radical (unpaired) electrons. The molecular formula is C23H23FN2O3. The van der Waals surface area contributed by atoms with Gasteiger partial charge in [0, 0.05) is 29.6 Å². The van der Waals surface area contributed by atoms with E-state index in [9.17, 15) is 9.18 Å². The van der Waals surface area contributed by atoms with Crippen molar-refractivity contribution in [3.05, 3.63) is 65.1 Å². The molecule has 2 heterocycles. The molecule has 0 unspecified atom stereocenters. The lowest BCUT2D eigenvalue weighted by atomic mass is 10.0. The van der Waals surface area contributed by atoms with Gasteiger partial charge in [-0.3, -0.25) is 9.78 Å². The number of carbonyl (C=O) groups excluding carboxylic acids is 1. The number of hydrogen-bond acceptors (Lipinski definition) is 4. The Kier molecular flexibility index (Phi) is 5.09. The van der Waals surface area contributed by atoms with Gasteiger partial charge in [-0.25, -0.2) is 4.39 Å². The molecule has 0 saturated carbocycles. The minimum absolute atomic E-state index is 0.0680. The summed E-state index contributed by atoms with van der Waals surface area (Å²) in [4.78, 5) is 19.8. The predicted molar refractivity (Wildman–Crippen MR) is 109 cm³/mol. The average Bonchev–Trinajstić information content (AvgIpc) is 3.21. The lowest BCUT2D eigenvalue weighted by molar-refractivity contribution is 0.0733. The van der Waals surface area contributed by atoms with Gasteiger partial charge in [0.2, 0.25) is 0 Å². The molecule has 0 bridgehead atoms. The summed E-state index contributed by atoms with van der Waals surface area (Å²) >= 11 is 0. The highest BCUT2D eigenvalue weighted by molar-refractivity contribution is 5.99. The number of aryl methyl sites for hydroxylation is 1. The molecule has 3 aromatic rings. The Balaban J connectivity index is 1.71. The third-order valence-corrected chi connectivity index (χ3v) is 5.51. The van der Waals surface area contributed by atoms with Crippen LogP contribution < -0.4 is 9.47 Å². The zero-order valence-electron chi connectivity index (χ0n) is 16.7. The second-order valence-electron chi connectivity index (χ2n) is 7.22. The molecule has 6 heteroatoms. The molecule has 4 rings (SSSR count). The van der Waals surface area contributed by atoms with Crippen LogP contribution in [-0.2, 0) is 0 Å². The van der Waals surface area contributed by atoms with E-state index >= 15 is 0 Å². The molecule has 1 aliphatic rings. The third-order valence-electron chi connectivity index (χ3n) is 5.51. The highest BCUT2D eigenvalue weighted by Crippen LogP contribution is 2.39. The van der Waals surface area contributed by atoms with Crippen molar-refractivity contribution in [2.24, 2.45) is 0 Å². The molecule has 1 aliphatic heterocycles. The molecule has 2 aromatic carbocycles. The Morgan fingerprint density at radius 1 is 1.14 bits per heavy atom. The van der Waals surface area contributed by atoms with Crippen molar-refractivity contribution in [2.75, 3.05) is 20.8 Å². The first-order valence-electron chi connectivity index (χ1n) is 9.61. The Hall–Kier alpha value is -3.15. The summed E-state index contributed by atoms with van der Waals surface area (Å²) in [5.74, 6) is 1.01. The standard InChI is InChI=1S/C23H23FN2O3/c1-14-19(11-15-6-7-16(24)12-20(15)25-14)23(27)26-10-4-5-21(26)18-9-8-17(28-2)13-22(18)29-3/h6-9,11-13,21H,4-5,10H2,1-3H3/t21-/m0/s1. The van der Waals surface area contributed by atoms with Crippen molar-refractivity contribution in [1.82, 2.24) is 9.88 Å². The number of hydrogen-bond donors (Lipinski definition) is 0. The summed E-state index contributed by atoms with van der Waals surface area (Å²) in [7, 11) is 3.23. The van der Waals surface area contributed by atoms with Crippen molar-refractivity contribution >= 4 is 16.8 Å². The quantitative estimate of drug-likeness (QED) is 0.645. The smallest absolute Gasteiger partial charge is 0.256 e. The zero-order chi connectivity index (χ0) is 20.5. The third kappa shape index (κ3) is 3.50. The second-order valence-corrected chi connectivity index (χ2v) is 7.22. The van der Waals surface area contributed by atoms with Gasteiger partial charge in [0.1, 0.15) is 17.3 Å².